The number of carbonyl (C=O) groups excluding carboxylic acids is 2. The lowest BCUT2D eigenvalue weighted by Gasteiger charge is -2.33. The number of hydrogen-bond acceptors (Lipinski definition) is 3. The molecule has 5 heteroatoms. The molecule has 1 atom stereocenters. The lowest BCUT2D eigenvalue weighted by molar-refractivity contribution is -0.119. The summed E-state index contributed by atoms with van der Waals surface area (Å²) in [5.41, 5.74) is 1.41. The van der Waals surface area contributed by atoms with Crippen molar-refractivity contribution in [2.45, 2.75) is 38.6 Å². The second-order valence-electron chi connectivity index (χ2n) is 6.47. The smallest absolute Gasteiger partial charge is 0.254 e. The van der Waals surface area contributed by atoms with Gasteiger partial charge in [0.15, 0.2) is 0 Å². The Morgan fingerprint density at radius 3 is 2.52 bits per heavy atom. The van der Waals surface area contributed by atoms with Crippen LogP contribution >= 0.6 is 0 Å². The molecule has 23 heavy (non-hydrogen) atoms. The average Bonchev–Trinajstić information content (AvgIpc) is 3.10. The van der Waals surface area contributed by atoms with Crippen molar-refractivity contribution in [3.8, 4) is 0 Å². The number of anilines is 1. The Labute approximate surface area is 137 Å². The van der Waals surface area contributed by atoms with Gasteiger partial charge < -0.3 is 15.0 Å². The van der Waals surface area contributed by atoms with E-state index in [0.717, 1.165) is 31.4 Å². The molecule has 2 fully saturated rings. The molecular weight excluding hydrogens is 292 g/mol. The predicted octanol–water partition coefficient (Wildman–Crippen LogP) is 2.68. The van der Waals surface area contributed by atoms with Crippen molar-refractivity contribution in [1.82, 2.24) is 4.90 Å². The predicted molar refractivity (Wildman–Crippen MR) is 88.3 cm³/mol. The van der Waals surface area contributed by atoms with Gasteiger partial charge in [0.05, 0.1) is 19.3 Å². The van der Waals surface area contributed by atoms with Gasteiger partial charge in [-0.1, -0.05) is 12.8 Å². The number of rotatable bonds is 3. The van der Waals surface area contributed by atoms with E-state index in [4.69, 9.17) is 4.74 Å². The summed E-state index contributed by atoms with van der Waals surface area (Å²) in [4.78, 5) is 26.5. The molecule has 0 bridgehead atoms. The van der Waals surface area contributed by atoms with Gasteiger partial charge in [-0.3, -0.25) is 9.59 Å². The monoisotopic (exact) mass is 316 g/mol. The molecule has 1 heterocycles. The van der Waals surface area contributed by atoms with Crippen molar-refractivity contribution < 1.29 is 14.3 Å². The molecule has 1 saturated carbocycles. The van der Waals surface area contributed by atoms with Crippen LogP contribution in [0, 0.1) is 5.92 Å². The number of nitrogens with one attached hydrogen (secondary N) is 1. The number of nitrogens with zero attached hydrogens (tertiary/aromatic N) is 1. The van der Waals surface area contributed by atoms with E-state index < -0.39 is 0 Å². The van der Waals surface area contributed by atoms with Crippen molar-refractivity contribution in [3.05, 3.63) is 29.8 Å². The van der Waals surface area contributed by atoms with Crippen LogP contribution in [0.5, 0.6) is 0 Å². The third-order valence-corrected chi connectivity index (χ3v) is 4.75. The van der Waals surface area contributed by atoms with E-state index in [0.29, 0.717) is 25.3 Å². The number of ether oxygens (including phenoxy) is 1. The van der Waals surface area contributed by atoms with Crippen LogP contribution in [0.4, 0.5) is 5.69 Å². The maximum atomic E-state index is 12.5. The Morgan fingerprint density at radius 1 is 1.17 bits per heavy atom. The summed E-state index contributed by atoms with van der Waals surface area (Å²) in [5, 5.41) is 2.95. The molecule has 1 aliphatic heterocycles. The standard InChI is InChI=1S/C18H24N2O3/c1-13-12-23-11-10-20(13)18(22)15-6-8-16(9-7-15)19-17(21)14-4-2-3-5-14/h6-9,13-14H,2-5,10-12H2,1H3,(H,19,21). The Kier molecular flexibility index (Phi) is 4.96. The van der Waals surface area contributed by atoms with Gasteiger partial charge in [-0.05, 0) is 44.0 Å². The topological polar surface area (TPSA) is 58.6 Å². The highest BCUT2D eigenvalue weighted by Gasteiger charge is 2.25. The SMILES string of the molecule is CC1COCCN1C(=O)c1ccc(NC(=O)C2CCCC2)cc1. The molecule has 1 unspecified atom stereocenters. The van der Waals surface area contributed by atoms with Crippen molar-refractivity contribution in [2.24, 2.45) is 5.92 Å². The number of hydrogen-bond donors (Lipinski definition) is 1. The van der Waals surface area contributed by atoms with Gasteiger partial charge in [0, 0.05) is 23.7 Å². The molecule has 1 aromatic rings. The molecule has 2 amide bonds. The minimum absolute atomic E-state index is 0.0227. The minimum atomic E-state index is 0.0227. The zero-order valence-electron chi connectivity index (χ0n) is 13.6. The van der Waals surface area contributed by atoms with Crippen molar-refractivity contribution in [1.29, 1.82) is 0 Å². The van der Waals surface area contributed by atoms with Gasteiger partial charge >= 0.3 is 0 Å². The van der Waals surface area contributed by atoms with E-state index in [1.54, 1.807) is 12.1 Å². The van der Waals surface area contributed by atoms with Crippen LogP contribution in [0.2, 0.25) is 0 Å². The molecule has 3 rings (SSSR count). The van der Waals surface area contributed by atoms with Crippen LogP contribution in [-0.4, -0.2) is 42.5 Å². The second kappa shape index (κ2) is 7.13. The Hall–Kier alpha value is -1.88. The molecule has 1 aromatic carbocycles. The van der Waals surface area contributed by atoms with Gasteiger partial charge in [0.2, 0.25) is 5.91 Å². The van der Waals surface area contributed by atoms with Crippen LogP contribution in [-0.2, 0) is 9.53 Å². The van der Waals surface area contributed by atoms with E-state index in [-0.39, 0.29) is 23.8 Å². The average molecular weight is 316 g/mol. The summed E-state index contributed by atoms with van der Waals surface area (Å²) in [7, 11) is 0. The summed E-state index contributed by atoms with van der Waals surface area (Å²) in [5.74, 6) is 0.267. The van der Waals surface area contributed by atoms with E-state index in [1.165, 1.54) is 0 Å². The number of amides is 2. The van der Waals surface area contributed by atoms with Crippen LogP contribution in [0.25, 0.3) is 0 Å². The largest absolute Gasteiger partial charge is 0.377 e. The Morgan fingerprint density at radius 2 is 1.87 bits per heavy atom. The molecule has 0 aromatic heterocycles. The Balaban J connectivity index is 1.62. The Bertz CT molecular complexity index is 564. The van der Waals surface area contributed by atoms with Crippen LogP contribution in [0.3, 0.4) is 0 Å². The molecule has 1 saturated heterocycles. The fourth-order valence-electron chi connectivity index (χ4n) is 3.32. The fraction of sp³-hybridized carbons (Fsp3) is 0.556. The summed E-state index contributed by atoms with van der Waals surface area (Å²) in [6.07, 6.45) is 4.25. The molecular formula is C18H24N2O3. The quantitative estimate of drug-likeness (QED) is 0.932. The first-order chi connectivity index (χ1) is 11.1. The van der Waals surface area contributed by atoms with Crippen LogP contribution < -0.4 is 5.32 Å². The number of morpholine rings is 1. The molecule has 0 radical (unpaired) electrons. The maximum absolute atomic E-state index is 12.5. The minimum Gasteiger partial charge on any atom is -0.377 e. The van der Waals surface area contributed by atoms with Crippen molar-refractivity contribution in [3.63, 3.8) is 0 Å². The van der Waals surface area contributed by atoms with Crippen LogP contribution in [0.1, 0.15) is 43.0 Å². The zero-order chi connectivity index (χ0) is 16.2. The summed E-state index contributed by atoms with van der Waals surface area (Å²) in [6, 6.07) is 7.29. The zero-order valence-corrected chi connectivity index (χ0v) is 13.6. The first-order valence-electron chi connectivity index (χ1n) is 8.45. The molecule has 124 valence electrons. The normalized spacial score (nSPS) is 22.1. The summed E-state index contributed by atoms with van der Waals surface area (Å²) < 4.78 is 5.37. The third-order valence-electron chi connectivity index (χ3n) is 4.75. The lowest BCUT2D eigenvalue weighted by Crippen LogP contribution is -2.47. The summed E-state index contributed by atoms with van der Waals surface area (Å²) in [6.45, 7) is 3.79. The van der Waals surface area contributed by atoms with Crippen molar-refractivity contribution >= 4 is 17.5 Å². The second-order valence-corrected chi connectivity index (χ2v) is 6.47. The first kappa shape index (κ1) is 16.0. The highest BCUT2D eigenvalue weighted by Crippen LogP contribution is 2.26. The number of benzene rings is 1. The van der Waals surface area contributed by atoms with E-state index in [9.17, 15) is 9.59 Å². The summed E-state index contributed by atoms with van der Waals surface area (Å²) >= 11 is 0. The van der Waals surface area contributed by atoms with E-state index in [1.807, 2.05) is 24.0 Å². The molecule has 2 aliphatic rings. The van der Waals surface area contributed by atoms with E-state index >= 15 is 0 Å². The molecule has 1 N–H and O–H groups in total. The fourth-order valence-corrected chi connectivity index (χ4v) is 3.32. The van der Waals surface area contributed by atoms with E-state index in [2.05, 4.69) is 5.32 Å². The van der Waals surface area contributed by atoms with Gasteiger partial charge in [0.1, 0.15) is 0 Å². The van der Waals surface area contributed by atoms with Gasteiger partial charge in [-0.25, -0.2) is 0 Å². The molecule has 0 spiro atoms. The highest BCUT2D eigenvalue weighted by atomic mass is 16.5. The third kappa shape index (κ3) is 3.72. The van der Waals surface area contributed by atoms with Gasteiger partial charge in [-0.15, -0.1) is 0 Å². The highest BCUT2D eigenvalue weighted by molar-refractivity contribution is 5.96. The van der Waals surface area contributed by atoms with Gasteiger partial charge in [-0.2, -0.15) is 0 Å². The number of carbonyl (C=O) groups is 2. The first-order valence-corrected chi connectivity index (χ1v) is 8.45. The van der Waals surface area contributed by atoms with Crippen molar-refractivity contribution in [2.75, 3.05) is 25.1 Å². The lowest BCUT2D eigenvalue weighted by atomic mass is 10.1. The van der Waals surface area contributed by atoms with Crippen LogP contribution in [0.15, 0.2) is 24.3 Å². The van der Waals surface area contributed by atoms with Gasteiger partial charge in [0.25, 0.3) is 5.91 Å². The maximum Gasteiger partial charge on any atom is 0.254 e. The molecule has 1 aliphatic carbocycles. The molecule has 5 nitrogen and oxygen atoms in total.